The Morgan fingerprint density at radius 2 is 1.92 bits per heavy atom. The van der Waals surface area contributed by atoms with Gasteiger partial charge in [-0.05, 0) is 17.9 Å². The molecule has 2 heterocycles. The minimum absolute atomic E-state index is 0.0575. The average Bonchev–Trinajstić information content (AvgIpc) is 2.94. The van der Waals surface area contributed by atoms with Gasteiger partial charge in [-0.15, -0.1) is 0 Å². The second-order valence-corrected chi connectivity index (χ2v) is 9.18. The maximum atomic E-state index is 11.9. The Kier molecular flexibility index (Phi) is 5.86. The van der Waals surface area contributed by atoms with Crippen molar-refractivity contribution in [3.63, 3.8) is 0 Å². The molecule has 1 atom stereocenters. The topological polar surface area (TPSA) is 78.8 Å². The molecule has 0 saturated carbocycles. The van der Waals surface area contributed by atoms with E-state index in [2.05, 4.69) is 39.7 Å². The number of likely N-dealkylation sites (tertiary alicyclic amines) is 1. The zero-order valence-corrected chi connectivity index (χ0v) is 15.2. The first-order valence-corrected chi connectivity index (χ1v) is 10.6. The van der Waals surface area contributed by atoms with Crippen molar-refractivity contribution in [2.45, 2.75) is 32.2 Å². The quantitative estimate of drug-likeness (QED) is 0.806. The minimum Gasteiger partial charge on any atom is -0.298 e. The lowest BCUT2D eigenvalue weighted by Gasteiger charge is -2.27. The predicted molar refractivity (Wildman–Crippen MR) is 97.9 cm³/mol. The van der Waals surface area contributed by atoms with Crippen LogP contribution in [0.4, 0.5) is 0 Å². The number of hydrogen-bond acceptors (Lipinski definition) is 5. The number of hydrogen-bond donors (Lipinski definition) is 1. The first-order chi connectivity index (χ1) is 12.0. The fourth-order valence-corrected chi connectivity index (χ4v) is 5.27. The van der Waals surface area contributed by atoms with Gasteiger partial charge in [0.05, 0.1) is 11.5 Å². The van der Waals surface area contributed by atoms with Crippen molar-refractivity contribution in [2.24, 2.45) is 11.0 Å². The molecular formula is C18H25N3O3S. The monoisotopic (exact) mass is 363 g/mol. The molecule has 2 aliphatic rings. The number of benzene rings is 1. The van der Waals surface area contributed by atoms with Gasteiger partial charge in [-0.25, -0.2) is 13.8 Å². The number of amides is 1. The number of sulfone groups is 1. The van der Waals surface area contributed by atoms with Gasteiger partial charge in [0.1, 0.15) is 0 Å². The van der Waals surface area contributed by atoms with Crippen LogP contribution in [0.3, 0.4) is 0 Å². The number of piperidine rings is 1. The first-order valence-electron chi connectivity index (χ1n) is 8.81. The lowest BCUT2D eigenvalue weighted by Crippen LogP contribution is -2.34. The number of hydrazone groups is 1. The van der Waals surface area contributed by atoms with Gasteiger partial charge in [-0.2, -0.15) is 5.10 Å². The molecule has 3 rings (SSSR count). The van der Waals surface area contributed by atoms with Crippen LogP contribution in [0.2, 0.25) is 0 Å². The van der Waals surface area contributed by atoms with Crippen molar-refractivity contribution < 1.29 is 13.2 Å². The molecule has 0 spiro atoms. The van der Waals surface area contributed by atoms with Crippen molar-refractivity contribution in [2.75, 3.05) is 24.6 Å². The summed E-state index contributed by atoms with van der Waals surface area (Å²) >= 11 is 0. The average molecular weight is 363 g/mol. The molecule has 136 valence electrons. The second-order valence-electron chi connectivity index (χ2n) is 6.95. The third kappa shape index (κ3) is 5.64. The summed E-state index contributed by atoms with van der Waals surface area (Å²) in [7, 11) is -2.93. The fourth-order valence-electron chi connectivity index (χ4n) is 3.40. The van der Waals surface area contributed by atoms with E-state index in [1.165, 1.54) is 5.56 Å². The first kappa shape index (κ1) is 18.1. The molecule has 0 bridgehead atoms. The summed E-state index contributed by atoms with van der Waals surface area (Å²) in [4.78, 5) is 14.3. The molecule has 0 unspecified atom stereocenters. The Balaban J connectivity index is 1.39. The van der Waals surface area contributed by atoms with Crippen LogP contribution in [-0.4, -0.2) is 49.5 Å². The molecule has 6 nitrogen and oxygen atoms in total. The Labute approximate surface area is 149 Å². The molecule has 25 heavy (non-hydrogen) atoms. The van der Waals surface area contributed by atoms with Gasteiger partial charge in [0, 0.05) is 44.6 Å². The zero-order chi connectivity index (χ0) is 17.7. The van der Waals surface area contributed by atoms with E-state index in [0.29, 0.717) is 6.42 Å². The van der Waals surface area contributed by atoms with Crippen molar-refractivity contribution in [1.29, 1.82) is 0 Å². The lowest BCUT2D eigenvalue weighted by molar-refractivity contribution is -0.121. The molecule has 0 aliphatic carbocycles. The largest absolute Gasteiger partial charge is 0.298 e. The SMILES string of the molecule is O=C(C[C@@H]1CCS(=O)(=O)C1)NN=C1CCN(Cc2ccccc2)CC1. The highest BCUT2D eigenvalue weighted by Gasteiger charge is 2.29. The maximum absolute atomic E-state index is 11.9. The smallest absolute Gasteiger partial charge is 0.240 e. The van der Waals surface area contributed by atoms with E-state index in [1.807, 2.05) is 6.07 Å². The highest BCUT2D eigenvalue weighted by atomic mass is 32.2. The summed E-state index contributed by atoms with van der Waals surface area (Å²) < 4.78 is 22.9. The number of nitrogens with one attached hydrogen (secondary N) is 1. The van der Waals surface area contributed by atoms with Crippen LogP contribution in [0.5, 0.6) is 0 Å². The normalized spacial score (nSPS) is 23.4. The van der Waals surface area contributed by atoms with Crippen LogP contribution in [0.15, 0.2) is 35.4 Å². The second kappa shape index (κ2) is 8.10. The molecule has 7 heteroatoms. The highest BCUT2D eigenvalue weighted by Crippen LogP contribution is 2.21. The molecule has 1 N–H and O–H groups in total. The minimum atomic E-state index is -2.93. The van der Waals surface area contributed by atoms with Crippen LogP contribution in [0, 0.1) is 5.92 Å². The van der Waals surface area contributed by atoms with E-state index >= 15 is 0 Å². The molecule has 0 aromatic heterocycles. The van der Waals surface area contributed by atoms with Gasteiger partial charge in [-0.1, -0.05) is 30.3 Å². The number of carbonyl (C=O) groups is 1. The Morgan fingerprint density at radius 3 is 2.56 bits per heavy atom. The molecule has 2 aliphatic heterocycles. The summed E-state index contributed by atoms with van der Waals surface area (Å²) in [6, 6.07) is 10.4. The van der Waals surface area contributed by atoms with E-state index in [4.69, 9.17) is 0 Å². The van der Waals surface area contributed by atoms with Gasteiger partial charge in [0.25, 0.3) is 0 Å². The summed E-state index contributed by atoms with van der Waals surface area (Å²) in [6.07, 6.45) is 2.53. The van der Waals surface area contributed by atoms with E-state index in [-0.39, 0.29) is 29.8 Å². The Morgan fingerprint density at radius 1 is 1.20 bits per heavy atom. The summed E-state index contributed by atoms with van der Waals surface area (Å²) in [6.45, 7) is 2.81. The molecule has 1 aromatic carbocycles. The third-order valence-corrected chi connectivity index (χ3v) is 6.66. The number of rotatable bonds is 5. The Hall–Kier alpha value is -1.73. The zero-order valence-electron chi connectivity index (χ0n) is 14.4. The number of nitrogens with zero attached hydrogens (tertiary/aromatic N) is 2. The van der Waals surface area contributed by atoms with E-state index < -0.39 is 9.84 Å². The van der Waals surface area contributed by atoms with Gasteiger partial charge >= 0.3 is 0 Å². The van der Waals surface area contributed by atoms with Crippen molar-refractivity contribution in [3.05, 3.63) is 35.9 Å². The Bertz CT molecular complexity index is 721. The molecule has 0 radical (unpaired) electrons. The van der Waals surface area contributed by atoms with Crippen LogP contribution in [0.25, 0.3) is 0 Å². The highest BCUT2D eigenvalue weighted by molar-refractivity contribution is 7.91. The molecular weight excluding hydrogens is 338 g/mol. The van der Waals surface area contributed by atoms with Crippen molar-refractivity contribution in [1.82, 2.24) is 10.3 Å². The fraction of sp³-hybridized carbons (Fsp3) is 0.556. The van der Waals surface area contributed by atoms with Crippen molar-refractivity contribution in [3.8, 4) is 0 Å². The van der Waals surface area contributed by atoms with Gasteiger partial charge in [0.2, 0.25) is 5.91 Å². The van der Waals surface area contributed by atoms with Crippen LogP contribution in [0.1, 0.15) is 31.2 Å². The summed E-state index contributed by atoms with van der Waals surface area (Å²) in [5.41, 5.74) is 4.93. The third-order valence-electron chi connectivity index (χ3n) is 4.82. The lowest BCUT2D eigenvalue weighted by atomic mass is 10.1. The van der Waals surface area contributed by atoms with Gasteiger partial charge in [0.15, 0.2) is 9.84 Å². The van der Waals surface area contributed by atoms with Crippen molar-refractivity contribution >= 4 is 21.5 Å². The summed E-state index contributed by atoms with van der Waals surface area (Å²) in [5, 5.41) is 4.24. The standard InChI is InChI=1S/C18H25N3O3S/c22-18(12-16-8-11-25(23,24)14-16)20-19-17-6-9-21(10-7-17)13-15-4-2-1-3-5-15/h1-5,16H,6-14H2,(H,20,22)/t16-/m0/s1. The molecule has 1 aromatic rings. The van der Waals surface area contributed by atoms with Crippen LogP contribution < -0.4 is 5.43 Å². The van der Waals surface area contributed by atoms with E-state index in [0.717, 1.165) is 38.2 Å². The van der Waals surface area contributed by atoms with Gasteiger partial charge in [-0.3, -0.25) is 9.69 Å². The molecule has 2 saturated heterocycles. The van der Waals surface area contributed by atoms with Crippen LogP contribution >= 0.6 is 0 Å². The van der Waals surface area contributed by atoms with Gasteiger partial charge < -0.3 is 0 Å². The van der Waals surface area contributed by atoms with Crippen LogP contribution in [-0.2, 0) is 21.2 Å². The molecule has 2 fully saturated rings. The molecule has 1 amide bonds. The van der Waals surface area contributed by atoms with E-state index in [1.54, 1.807) is 0 Å². The number of carbonyl (C=O) groups excluding carboxylic acids is 1. The predicted octanol–water partition coefficient (Wildman–Crippen LogP) is 1.58. The van der Waals surface area contributed by atoms with E-state index in [9.17, 15) is 13.2 Å². The maximum Gasteiger partial charge on any atom is 0.240 e. The summed E-state index contributed by atoms with van der Waals surface area (Å²) in [5.74, 6) is 0.0986.